The van der Waals surface area contributed by atoms with Crippen molar-refractivity contribution in [2.45, 2.75) is 64.1 Å². The zero-order valence-electron chi connectivity index (χ0n) is 15.1. The Hall–Kier alpha value is -0.890. The number of aromatic nitrogens is 3. The Morgan fingerprint density at radius 3 is 2.81 bits per heavy atom. The number of carbonyl (C=O) groups is 1. The lowest BCUT2D eigenvalue weighted by atomic mass is 9.77. The van der Waals surface area contributed by atoms with E-state index in [4.69, 9.17) is 0 Å². The van der Waals surface area contributed by atoms with Crippen LogP contribution in [0.3, 0.4) is 0 Å². The maximum Gasteiger partial charge on any atom is 0.237 e. The normalized spacial score (nSPS) is 24.1. The summed E-state index contributed by atoms with van der Waals surface area (Å²) in [4.78, 5) is 12.6. The highest BCUT2D eigenvalue weighted by molar-refractivity contribution is 5.85. The van der Waals surface area contributed by atoms with E-state index >= 15 is 0 Å². The monoisotopic (exact) mass is 404 g/mol. The number of hydrogen-bond acceptors (Lipinski definition) is 5. The van der Waals surface area contributed by atoms with Gasteiger partial charge in [-0.3, -0.25) is 4.79 Å². The second-order valence-electron chi connectivity index (χ2n) is 7.60. The van der Waals surface area contributed by atoms with Crippen molar-refractivity contribution in [3.05, 3.63) is 11.6 Å². The number of fused-ring (bicyclic) bond motifs is 1. The first kappa shape index (κ1) is 21.4. The molecule has 1 aromatic heterocycles. The fraction of sp³-hybridized carbons (Fsp3) is 0.824. The molecule has 3 N–H and O–H groups in total. The summed E-state index contributed by atoms with van der Waals surface area (Å²) in [6.07, 6.45) is 7.90. The molecule has 0 saturated carbocycles. The van der Waals surface area contributed by atoms with Crippen LogP contribution in [0.15, 0.2) is 0 Å². The molecule has 148 valence electrons. The summed E-state index contributed by atoms with van der Waals surface area (Å²) < 4.78 is 2.20. The van der Waals surface area contributed by atoms with Crippen molar-refractivity contribution in [2.75, 3.05) is 19.6 Å². The minimum atomic E-state index is -0.0605. The van der Waals surface area contributed by atoms with E-state index in [2.05, 4.69) is 30.7 Å². The molecule has 0 aliphatic carbocycles. The Kier molecular flexibility index (Phi) is 7.70. The number of amides is 1. The molecule has 4 rings (SSSR count). The third kappa shape index (κ3) is 4.50. The molecule has 1 amide bonds. The van der Waals surface area contributed by atoms with Crippen LogP contribution in [-0.4, -0.2) is 46.3 Å². The maximum absolute atomic E-state index is 12.6. The number of rotatable bonds is 3. The molecule has 3 aliphatic heterocycles. The van der Waals surface area contributed by atoms with Crippen LogP contribution in [0, 0.1) is 5.41 Å². The molecule has 7 nitrogen and oxygen atoms in total. The Labute approximate surface area is 167 Å². The minimum Gasteiger partial charge on any atom is -0.347 e. The van der Waals surface area contributed by atoms with Crippen LogP contribution in [0.25, 0.3) is 0 Å². The van der Waals surface area contributed by atoms with Crippen molar-refractivity contribution in [1.29, 1.82) is 0 Å². The highest BCUT2D eigenvalue weighted by Gasteiger charge is 2.42. The van der Waals surface area contributed by atoms with Gasteiger partial charge in [0, 0.05) is 19.5 Å². The zero-order valence-corrected chi connectivity index (χ0v) is 16.8. The standard InChI is InChI=1S/C17H28N6O.2ClH/c24-16(13-10-17(12-20-13)5-7-18-8-6-17)19-11-15-22-21-14-4-2-1-3-9-23(14)15;;/h13,18,20H,1-12H2,(H,19,24);2*1H. The highest BCUT2D eigenvalue weighted by Crippen LogP contribution is 2.37. The van der Waals surface area contributed by atoms with E-state index < -0.39 is 0 Å². The van der Waals surface area contributed by atoms with Gasteiger partial charge in [-0.25, -0.2) is 0 Å². The second-order valence-corrected chi connectivity index (χ2v) is 7.60. The number of hydrogen-bond donors (Lipinski definition) is 3. The third-order valence-corrected chi connectivity index (χ3v) is 5.95. The summed E-state index contributed by atoms with van der Waals surface area (Å²) in [6.45, 7) is 4.57. The van der Waals surface area contributed by atoms with Gasteiger partial charge in [-0.1, -0.05) is 6.42 Å². The molecule has 26 heavy (non-hydrogen) atoms. The van der Waals surface area contributed by atoms with Crippen LogP contribution in [0.2, 0.25) is 0 Å². The molecule has 1 aromatic rings. The van der Waals surface area contributed by atoms with Gasteiger partial charge >= 0.3 is 0 Å². The number of piperidine rings is 1. The van der Waals surface area contributed by atoms with E-state index in [0.29, 0.717) is 12.0 Å². The van der Waals surface area contributed by atoms with E-state index in [-0.39, 0.29) is 36.8 Å². The fourth-order valence-electron chi connectivity index (χ4n) is 4.41. The number of carbonyl (C=O) groups excluding carboxylic acids is 1. The van der Waals surface area contributed by atoms with Crippen LogP contribution in [0.4, 0.5) is 0 Å². The van der Waals surface area contributed by atoms with E-state index in [1.54, 1.807) is 0 Å². The summed E-state index contributed by atoms with van der Waals surface area (Å²) in [6, 6.07) is -0.0605. The summed E-state index contributed by atoms with van der Waals surface area (Å²) in [7, 11) is 0. The lowest BCUT2D eigenvalue weighted by molar-refractivity contribution is -0.123. The molecule has 4 heterocycles. The van der Waals surface area contributed by atoms with Gasteiger partial charge in [0.25, 0.3) is 0 Å². The van der Waals surface area contributed by atoms with Crippen LogP contribution in [-0.2, 0) is 24.3 Å². The van der Waals surface area contributed by atoms with Crippen molar-refractivity contribution in [3.8, 4) is 0 Å². The lowest BCUT2D eigenvalue weighted by Crippen LogP contribution is -2.40. The van der Waals surface area contributed by atoms with Crippen LogP contribution in [0.5, 0.6) is 0 Å². The third-order valence-electron chi connectivity index (χ3n) is 5.95. The molecule has 0 radical (unpaired) electrons. The quantitative estimate of drug-likeness (QED) is 0.704. The van der Waals surface area contributed by atoms with Crippen LogP contribution >= 0.6 is 24.8 Å². The average molecular weight is 405 g/mol. The molecule has 2 saturated heterocycles. The number of aryl methyl sites for hydroxylation is 1. The number of nitrogens with one attached hydrogen (secondary N) is 3. The molecule has 1 atom stereocenters. The van der Waals surface area contributed by atoms with Crippen molar-refractivity contribution in [3.63, 3.8) is 0 Å². The largest absolute Gasteiger partial charge is 0.347 e. The Balaban J connectivity index is 0.00000121. The number of nitrogens with zero attached hydrogens (tertiary/aromatic N) is 3. The van der Waals surface area contributed by atoms with Crippen molar-refractivity contribution in [2.24, 2.45) is 5.41 Å². The summed E-state index contributed by atoms with van der Waals surface area (Å²) in [5.41, 5.74) is 0.319. The second kappa shape index (κ2) is 9.35. The molecule has 0 bridgehead atoms. The van der Waals surface area contributed by atoms with Crippen molar-refractivity contribution in [1.82, 2.24) is 30.7 Å². The van der Waals surface area contributed by atoms with Gasteiger partial charge in [-0.15, -0.1) is 35.0 Å². The van der Waals surface area contributed by atoms with Gasteiger partial charge in [0.15, 0.2) is 5.82 Å². The molecule has 9 heteroatoms. The first-order valence-electron chi connectivity index (χ1n) is 9.39. The molecule has 3 aliphatic rings. The van der Waals surface area contributed by atoms with Gasteiger partial charge in [-0.05, 0) is 50.6 Å². The molecule has 1 spiro atoms. The van der Waals surface area contributed by atoms with E-state index in [0.717, 1.165) is 50.7 Å². The zero-order chi connectivity index (χ0) is 16.4. The Bertz CT molecular complexity index is 602. The molecule has 1 unspecified atom stereocenters. The summed E-state index contributed by atoms with van der Waals surface area (Å²) in [5, 5.41) is 18.5. The van der Waals surface area contributed by atoms with Gasteiger partial charge < -0.3 is 20.5 Å². The van der Waals surface area contributed by atoms with Gasteiger partial charge in [0.2, 0.25) is 5.91 Å². The van der Waals surface area contributed by atoms with Crippen LogP contribution in [0.1, 0.15) is 50.2 Å². The van der Waals surface area contributed by atoms with E-state index in [9.17, 15) is 4.79 Å². The first-order chi connectivity index (χ1) is 11.8. The molecule has 0 aromatic carbocycles. The molecular weight excluding hydrogens is 375 g/mol. The smallest absolute Gasteiger partial charge is 0.237 e. The summed E-state index contributed by atoms with van der Waals surface area (Å²) >= 11 is 0. The fourth-order valence-corrected chi connectivity index (χ4v) is 4.41. The van der Waals surface area contributed by atoms with Gasteiger partial charge in [0.05, 0.1) is 12.6 Å². The van der Waals surface area contributed by atoms with Crippen molar-refractivity contribution < 1.29 is 4.79 Å². The Morgan fingerprint density at radius 2 is 2.00 bits per heavy atom. The first-order valence-corrected chi connectivity index (χ1v) is 9.39. The summed E-state index contributed by atoms with van der Waals surface area (Å²) in [5.74, 6) is 2.08. The molecular formula is C17H30Cl2N6O. The van der Waals surface area contributed by atoms with E-state index in [1.807, 2.05) is 0 Å². The van der Waals surface area contributed by atoms with E-state index in [1.165, 1.54) is 32.1 Å². The predicted molar refractivity (Wildman–Crippen MR) is 105 cm³/mol. The molecule has 2 fully saturated rings. The maximum atomic E-state index is 12.6. The minimum absolute atomic E-state index is 0. The lowest BCUT2D eigenvalue weighted by Gasteiger charge is -2.33. The van der Waals surface area contributed by atoms with Crippen molar-refractivity contribution >= 4 is 30.7 Å². The highest BCUT2D eigenvalue weighted by atomic mass is 35.5. The number of halogens is 2. The SMILES string of the molecule is Cl.Cl.O=C(NCc1nnc2n1CCCCC2)C1CC2(CCNCC2)CN1. The predicted octanol–water partition coefficient (Wildman–Crippen LogP) is 1.20. The van der Waals surface area contributed by atoms with Gasteiger partial charge in [-0.2, -0.15) is 0 Å². The average Bonchev–Trinajstić information content (AvgIpc) is 3.10. The van der Waals surface area contributed by atoms with Gasteiger partial charge in [0.1, 0.15) is 5.82 Å². The van der Waals surface area contributed by atoms with Crippen LogP contribution < -0.4 is 16.0 Å². The Morgan fingerprint density at radius 1 is 1.19 bits per heavy atom. The topological polar surface area (TPSA) is 83.9 Å².